The first-order valence-corrected chi connectivity index (χ1v) is 7.22. The molecule has 1 saturated carbocycles. The molecule has 102 valence electrons. The van der Waals surface area contributed by atoms with Gasteiger partial charge in [0.1, 0.15) is 4.88 Å². The van der Waals surface area contributed by atoms with Crippen molar-refractivity contribution in [2.45, 2.75) is 31.7 Å². The van der Waals surface area contributed by atoms with Crippen molar-refractivity contribution in [3.63, 3.8) is 0 Å². The van der Waals surface area contributed by atoms with Gasteiger partial charge in [-0.05, 0) is 36.8 Å². The quantitative estimate of drug-likeness (QED) is 0.901. The first kappa shape index (κ1) is 15.8. The minimum Gasteiger partial charge on any atom is -0.348 e. The molecule has 3 N–H and O–H groups in total. The maximum Gasteiger partial charge on any atom is 0.263 e. The summed E-state index contributed by atoms with van der Waals surface area (Å²) in [6.45, 7) is 0.642. The van der Waals surface area contributed by atoms with Gasteiger partial charge in [-0.15, -0.1) is 23.7 Å². The number of amides is 1. The summed E-state index contributed by atoms with van der Waals surface area (Å²) in [5, 5.41) is 5.44. The highest BCUT2D eigenvalue weighted by atomic mass is 35.5. The van der Waals surface area contributed by atoms with Crippen molar-refractivity contribution in [2.75, 3.05) is 6.54 Å². The van der Waals surface area contributed by atoms with Crippen molar-refractivity contribution in [2.24, 2.45) is 11.7 Å². The fourth-order valence-corrected chi connectivity index (χ4v) is 3.41. The molecule has 2 atom stereocenters. The molecule has 1 aromatic heterocycles. The lowest BCUT2D eigenvalue weighted by molar-refractivity contribution is 0.0912. The summed E-state index contributed by atoms with van der Waals surface area (Å²) in [7, 11) is 0. The molecule has 1 aliphatic rings. The van der Waals surface area contributed by atoms with E-state index in [9.17, 15) is 4.79 Å². The molecule has 1 aromatic rings. The molecular weight excluding hydrogens is 291 g/mol. The first-order chi connectivity index (χ1) is 8.22. The lowest BCUT2D eigenvalue weighted by Gasteiger charge is -2.31. The Morgan fingerprint density at radius 2 is 2.22 bits per heavy atom. The molecule has 2 unspecified atom stereocenters. The van der Waals surface area contributed by atoms with Gasteiger partial charge in [-0.25, -0.2) is 0 Å². The monoisotopic (exact) mass is 308 g/mol. The van der Waals surface area contributed by atoms with E-state index in [-0.39, 0.29) is 24.4 Å². The summed E-state index contributed by atoms with van der Waals surface area (Å²) >= 11 is 7.33. The molecule has 18 heavy (non-hydrogen) atoms. The summed E-state index contributed by atoms with van der Waals surface area (Å²) in [6, 6.07) is 1.96. The molecule has 1 amide bonds. The maximum absolute atomic E-state index is 12.0. The minimum absolute atomic E-state index is 0. The fourth-order valence-electron chi connectivity index (χ4n) is 2.37. The van der Waals surface area contributed by atoms with E-state index in [1.807, 2.05) is 5.38 Å². The van der Waals surface area contributed by atoms with Crippen LogP contribution in [0.15, 0.2) is 11.4 Å². The molecular formula is C12H18Cl2N2OS. The van der Waals surface area contributed by atoms with E-state index in [2.05, 4.69) is 5.32 Å². The fraction of sp³-hybridized carbons (Fsp3) is 0.583. The average Bonchev–Trinajstić information content (AvgIpc) is 2.76. The minimum atomic E-state index is -0.0599. The Kier molecular flexibility index (Phi) is 6.43. The van der Waals surface area contributed by atoms with Crippen LogP contribution in [0.25, 0.3) is 0 Å². The average molecular weight is 309 g/mol. The van der Waals surface area contributed by atoms with Gasteiger partial charge in [0, 0.05) is 6.04 Å². The number of hydrogen-bond donors (Lipinski definition) is 2. The number of nitrogens with two attached hydrogens (primary N) is 1. The second-order valence-corrected chi connectivity index (χ2v) is 5.78. The van der Waals surface area contributed by atoms with Crippen LogP contribution in [0.4, 0.5) is 0 Å². The van der Waals surface area contributed by atoms with Crippen LogP contribution in [-0.4, -0.2) is 18.5 Å². The molecule has 6 heteroatoms. The molecule has 1 fully saturated rings. The molecule has 0 aromatic carbocycles. The Balaban J connectivity index is 0.00000162. The Hall–Kier alpha value is -0.290. The zero-order valence-corrected chi connectivity index (χ0v) is 12.4. The van der Waals surface area contributed by atoms with Crippen LogP contribution in [-0.2, 0) is 0 Å². The maximum atomic E-state index is 12.0. The summed E-state index contributed by atoms with van der Waals surface area (Å²) < 4.78 is 0. The third-order valence-electron chi connectivity index (χ3n) is 3.35. The highest BCUT2D eigenvalue weighted by Gasteiger charge is 2.26. The molecule has 0 aliphatic heterocycles. The van der Waals surface area contributed by atoms with Crippen molar-refractivity contribution < 1.29 is 4.79 Å². The van der Waals surface area contributed by atoms with E-state index in [0.29, 0.717) is 22.4 Å². The van der Waals surface area contributed by atoms with Gasteiger partial charge in [0.15, 0.2) is 0 Å². The topological polar surface area (TPSA) is 55.1 Å². The van der Waals surface area contributed by atoms with Gasteiger partial charge in [-0.1, -0.05) is 24.4 Å². The molecule has 1 heterocycles. The number of carbonyl (C=O) groups excluding carboxylic acids is 1. The van der Waals surface area contributed by atoms with Crippen molar-refractivity contribution in [3.05, 3.63) is 21.3 Å². The van der Waals surface area contributed by atoms with Crippen molar-refractivity contribution >= 4 is 41.3 Å². The number of nitrogens with one attached hydrogen (secondary N) is 1. The Morgan fingerprint density at radius 1 is 1.50 bits per heavy atom. The van der Waals surface area contributed by atoms with Crippen molar-refractivity contribution in [1.29, 1.82) is 0 Å². The summed E-state index contributed by atoms with van der Waals surface area (Å²) in [4.78, 5) is 12.6. The standard InChI is InChI=1S/C12H17ClN2OS.ClH/c13-9-5-6-17-11(9)12(16)15-10-4-2-1-3-8(10)7-14;/h5-6,8,10H,1-4,7,14H2,(H,15,16);1H. The Labute approximate surface area is 122 Å². The van der Waals surface area contributed by atoms with Gasteiger partial charge < -0.3 is 11.1 Å². The number of carbonyl (C=O) groups is 1. The first-order valence-electron chi connectivity index (χ1n) is 5.96. The van der Waals surface area contributed by atoms with Crippen LogP contribution in [0.2, 0.25) is 5.02 Å². The predicted octanol–water partition coefficient (Wildman–Crippen LogP) is 3.07. The zero-order chi connectivity index (χ0) is 12.3. The van der Waals surface area contributed by atoms with Crippen LogP contribution in [0.5, 0.6) is 0 Å². The van der Waals surface area contributed by atoms with E-state index in [1.54, 1.807) is 6.07 Å². The largest absolute Gasteiger partial charge is 0.348 e. The van der Waals surface area contributed by atoms with Gasteiger partial charge in [0.25, 0.3) is 5.91 Å². The van der Waals surface area contributed by atoms with Gasteiger partial charge >= 0.3 is 0 Å². The summed E-state index contributed by atoms with van der Waals surface area (Å²) in [6.07, 6.45) is 4.52. The van der Waals surface area contributed by atoms with E-state index in [0.717, 1.165) is 12.8 Å². The highest BCUT2D eigenvalue weighted by Crippen LogP contribution is 2.26. The summed E-state index contributed by atoms with van der Waals surface area (Å²) in [5.41, 5.74) is 5.74. The van der Waals surface area contributed by atoms with Gasteiger partial charge in [0.2, 0.25) is 0 Å². The molecule has 3 nitrogen and oxygen atoms in total. The number of hydrogen-bond acceptors (Lipinski definition) is 3. The third-order valence-corrected chi connectivity index (χ3v) is 4.69. The Morgan fingerprint density at radius 3 is 2.83 bits per heavy atom. The van der Waals surface area contributed by atoms with Crippen molar-refractivity contribution in [3.8, 4) is 0 Å². The van der Waals surface area contributed by atoms with Gasteiger partial charge in [-0.2, -0.15) is 0 Å². The second kappa shape index (κ2) is 7.34. The molecule has 0 bridgehead atoms. The van der Waals surface area contributed by atoms with E-state index in [4.69, 9.17) is 17.3 Å². The number of thiophene rings is 1. The third kappa shape index (κ3) is 3.60. The normalized spacial score (nSPS) is 23.2. The van der Waals surface area contributed by atoms with E-state index in [1.165, 1.54) is 24.2 Å². The zero-order valence-electron chi connectivity index (χ0n) is 10.0. The number of rotatable bonds is 3. The lowest BCUT2D eigenvalue weighted by atomic mass is 9.84. The Bertz CT molecular complexity index is 397. The SMILES string of the molecule is Cl.NCC1CCCCC1NC(=O)c1sccc1Cl. The van der Waals surface area contributed by atoms with Crippen LogP contribution in [0.3, 0.4) is 0 Å². The second-order valence-electron chi connectivity index (χ2n) is 4.46. The predicted molar refractivity (Wildman–Crippen MR) is 78.8 cm³/mol. The smallest absolute Gasteiger partial charge is 0.263 e. The van der Waals surface area contributed by atoms with Gasteiger partial charge in [0.05, 0.1) is 5.02 Å². The number of halogens is 2. The molecule has 2 rings (SSSR count). The molecule has 0 saturated heterocycles. The lowest BCUT2D eigenvalue weighted by Crippen LogP contribution is -2.44. The molecule has 0 spiro atoms. The summed E-state index contributed by atoms with van der Waals surface area (Å²) in [5.74, 6) is 0.349. The van der Waals surface area contributed by atoms with Crippen LogP contribution in [0, 0.1) is 5.92 Å². The van der Waals surface area contributed by atoms with Crippen LogP contribution < -0.4 is 11.1 Å². The van der Waals surface area contributed by atoms with E-state index < -0.39 is 0 Å². The van der Waals surface area contributed by atoms with E-state index >= 15 is 0 Å². The molecule has 1 aliphatic carbocycles. The van der Waals surface area contributed by atoms with Crippen LogP contribution in [0.1, 0.15) is 35.4 Å². The van der Waals surface area contributed by atoms with Crippen molar-refractivity contribution in [1.82, 2.24) is 5.32 Å². The van der Waals surface area contributed by atoms with Crippen LogP contribution >= 0.6 is 35.3 Å². The molecule has 0 radical (unpaired) electrons. The van der Waals surface area contributed by atoms with Gasteiger partial charge in [-0.3, -0.25) is 4.79 Å². The highest BCUT2D eigenvalue weighted by molar-refractivity contribution is 7.12.